The van der Waals surface area contributed by atoms with Gasteiger partial charge in [-0.25, -0.2) is 4.79 Å². The molecule has 2 aromatic rings. The average molecular weight is 910 g/mol. The summed E-state index contributed by atoms with van der Waals surface area (Å²) in [7, 11) is 0. The van der Waals surface area contributed by atoms with Gasteiger partial charge in [0, 0.05) is 34.6 Å². The molecular weight excluding hydrogens is 862 g/mol. The number of imide groups is 2. The van der Waals surface area contributed by atoms with Crippen molar-refractivity contribution < 1.29 is 90.6 Å². The predicted molar refractivity (Wildman–Crippen MR) is 213 cm³/mol. The Labute approximate surface area is 370 Å². The molecule has 4 aliphatic heterocycles. The number of nitrogens with one attached hydrogen (secondary N) is 1. The van der Waals surface area contributed by atoms with Gasteiger partial charge in [0.25, 0.3) is 23.6 Å². The Morgan fingerprint density at radius 2 is 0.938 bits per heavy atom. The lowest BCUT2D eigenvalue weighted by Crippen LogP contribution is -2.73. The van der Waals surface area contributed by atoms with E-state index >= 15 is 0 Å². The number of carbonyl (C=O) groups is 10. The molecule has 4 aliphatic rings. The Balaban J connectivity index is 1.55. The van der Waals surface area contributed by atoms with Crippen LogP contribution in [0.1, 0.15) is 96.8 Å². The minimum atomic E-state index is -2.07. The molecule has 0 bridgehead atoms. The number of hydrogen-bond donors (Lipinski definition) is 1. The summed E-state index contributed by atoms with van der Waals surface area (Å²) >= 11 is 0. The highest BCUT2D eigenvalue weighted by molar-refractivity contribution is 6.22. The zero-order chi connectivity index (χ0) is 47.7. The molecule has 5 amide bonds. The van der Waals surface area contributed by atoms with Gasteiger partial charge in [0.2, 0.25) is 0 Å². The molecule has 0 saturated carbocycles. The monoisotopic (exact) mass is 909 g/mol. The van der Waals surface area contributed by atoms with Crippen LogP contribution in [0.3, 0.4) is 0 Å². The van der Waals surface area contributed by atoms with E-state index in [1.807, 2.05) is 0 Å². The first-order chi connectivity index (χ1) is 30.6. The number of hydrogen-bond acceptors (Lipinski definition) is 19. The van der Waals surface area contributed by atoms with Crippen LogP contribution < -0.4 is 5.32 Å². The van der Waals surface area contributed by atoms with Gasteiger partial charge in [0.05, 0.1) is 22.3 Å². The van der Waals surface area contributed by atoms with Gasteiger partial charge in [0.15, 0.2) is 30.8 Å². The van der Waals surface area contributed by atoms with E-state index < -0.39 is 140 Å². The fraction of sp³-hybridized carbons (Fsp3) is 0.488. The van der Waals surface area contributed by atoms with Crippen LogP contribution in [0.25, 0.3) is 0 Å². The van der Waals surface area contributed by atoms with Crippen LogP contribution in [0, 0.1) is 0 Å². The molecule has 22 nitrogen and oxygen atoms in total. The van der Waals surface area contributed by atoms with E-state index in [-0.39, 0.29) is 22.3 Å². The summed E-state index contributed by atoms with van der Waals surface area (Å²) in [6.07, 6.45) is -15.6. The van der Waals surface area contributed by atoms with E-state index in [9.17, 15) is 47.9 Å². The third kappa shape index (κ3) is 10.3. The number of carbonyl (C=O) groups excluding carboxylic acids is 10. The highest BCUT2D eigenvalue weighted by atomic mass is 16.7. The van der Waals surface area contributed by atoms with Crippen LogP contribution in [0.5, 0.6) is 0 Å². The third-order valence-corrected chi connectivity index (χ3v) is 10.3. The lowest BCUT2D eigenvalue weighted by molar-refractivity contribution is -0.326. The van der Waals surface area contributed by atoms with E-state index in [0.717, 1.165) is 34.6 Å². The molecule has 0 aromatic heterocycles. The summed E-state index contributed by atoms with van der Waals surface area (Å²) in [4.78, 5) is 135. The van der Waals surface area contributed by atoms with E-state index in [2.05, 4.69) is 5.32 Å². The van der Waals surface area contributed by atoms with Crippen molar-refractivity contribution in [1.29, 1.82) is 0 Å². The Morgan fingerprint density at radius 1 is 0.554 bits per heavy atom. The van der Waals surface area contributed by atoms with Crippen molar-refractivity contribution in [2.45, 2.75) is 122 Å². The molecule has 1 N–H and O–H groups in total. The second-order valence-corrected chi connectivity index (χ2v) is 16.2. The number of benzene rings is 2. The molecule has 348 valence electrons. The Bertz CT molecular complexity index is 2220. The number of nitrogens with zero attached hydrogens (tertiary/aromatic N) is 2. The molecule has 2 aromatic carbocycles. The molecule has 65 heavy (non-hydrogen) atoms. The fourth-order valence-corrected chi connectivity index (χ4v) is 7.96. The maximum Gasteiger partial charge on any atom is 0.409 e. The number of esters is 5. The molecule has 6 rings (SSSR count). The lowest BCUT2D eigenvalue weighted by Gasteiger charge is -2.51. The maximum atomic E-state index is 14.3. The van der Waals surface area contributed by atoms with Gasteiger partial charge in [-0.05, 0) is 45.0 Å². The van der Waals surface area contributed by atoms with Crippen molar-refractivity contribution in [2.24, 2.45) is 0 Å². The summed E-state index contributed by atoms with van der Waals surface area (Å²) in [6.45, 7) is 8.33. The van der Waals surface area contributed by atoms with Crippen molar-refractivity contribution in [3.8, 4) is 0 Å². The van der Waals surface area contributed by atoms with Crippen molar-refractivity contribution >= 4 is 59.6 Å². The number of ether oxygens (including phenoxy) is 9. The zero-order valence-corrected chi connectivity index (χ0v) is 36.5. The van der Waals surface area contributed by atoms with Gasteiger partial charge in [-0.2, -0.15) is 0 Å². The smallest absolute Gasteiger partial charge is 0.409 e. The van der Waals surface area contributed by atoms with Gasteiger partial charge in [-0.3, -0.25) is 58.3 Å². The summed E-state index contributed by atoms with van der Waals surface area (Å²) < 4.78 is 52.6. The van der Waals surface area contributed by atoms with Gasteiger partial charge in [-0.1, -0.05) is 24.3 Å². The molecule has 22 heteroatoms. The molecule has 2 fully saturated rings. The van der Waals surface area contributed by atoms with Crippen molar-refractivity contribution in [3.63, 3.8) is 0 Å². The highest BCUT2D eigenvalue weighted by Gasteiger charge is 2.61. The highest BCUT2D eigenvalue weighted by Crippen LogP contribution is 2.40. The second kappa shape index (κ2) is 19.1. The summed E-state index contributed by atoms with van der Waals surface area (Å²) in [5.74, 6) is -8.38. The fourth-order valence-electron chi connectivity index (χ4n) is 7.96. The normalized spacial score (nSPS) is 27.3. The van der Waals surface area contributed by atoms with Crippen LogP contribution >= 0.6 is 0 Å². The van der Waals surface area contributed by atoms with Crippen LogP contribution in [0.2, 0.25) is 0 Å². The summed E-state index contributed by atoms with van der Waals surface area (Å²) in [5.41, 5.74) is -1.39. The molecule has 10 atom stereocenters. The van der Waals surface area contributed by atoms with Crippen LogP contribution in [0.4, 0.5) is 4.79 Å². The van der Waals surface area contributed by atoms with E-state index in [4.69, 9.17) is 42.6 Å². The first-order valence-corrected chi connectivity index (χ1v) is 20.3. The van der Waals surface area contributed by atoms with Gasteiger partial charge in [-0.15, -0.1) is 0 Å². The molecule has 2 saturated heterocycles. The van der Waals surface area contributed by atoms with E-state index in [1.54, 1.807) is 20.8 Å². The van der Waals surface area contributed by atoms with Crippen molar-refractivity contribution in [3.05, 3.63) is 70.8 Å². The van der Waals surface area contributed by atoms with Gasteiger partial charge < -0.3 is 42.6 Å². The number of fused-ring (bicyclic) bond motifs is 2. The minimum Gasteiger partial charge on any atom is -0.463 e. The molecule has 4 heterocycles. The minimum absolute atomic E-state index is 0.0649. The van der Waals surface area contributed by atoms with E-state index in [1.165, 1.54) is 48.5 Å². The predicted octanol–water partition coefficient (Wildman–Crippen LogP) is 1.60. The van der Waals surface area contributed by atoms with Crippen molar-refractivity contribution in [1.82, 2.24) is 15.1 Å². The molecule has 0 radical (unpaired) electrons. The molecule has 0 unspecified atom stereocenters. The van der Waals surface area contributed by atoms with Crippen LogP contribution in [-0.4, -0.2) is 149 Å². The third-order valence-electron chi connectivity index (χ3n) is 10.3. The lowest BCUT2D eigenvalue weighted by atomic mass is 9.92. The Morgan fingerprint density at radius 3 is 1.34 bits per heavy atom. The first kappa shape index (κ1) is 47.7. The van der Waals surface area contributed by atoms with Gasteiger partial charge >= 0.3 is 35.9 Å². The van der Waals surface area contributed by atoms with Gasteiger partial charge in [0.1, 0.15) is 49.2 Å². The number of rotatable bonds is 12. The van der Waals surface area contributed by atoms with Crippen molar-refractivity contribution in [2.75, 3.05) is 13.2 Å². The van der Waals surface area contributed by atoms with Crippen LogP contribution in [-0.2, 0) is 66.6 Å². The summed E-state index contributed by atoms with van der Waals surface area (Å²) in [5, 5.41) is 2.48. The largest absolute Gasteiger partial charge is 0.463 e. The first-order valence-electron chi connectivity index (χ1n) is 20.3. The second-order valence-electron chi connectivity index (χ2n) is 16.2. The van der Waals surface area contributed by atoms with Crippen LogP contribution in [0.15, 0.2) is 48.5 Å². The molecule has 0 aliphatic carbocycles. The molecular formula is C43H47N3O19. The number of amides is 5. The quantitative estimate of drug-likeness (QED) is 0.180. The standard InChI is InChI=1S/C43H47N3O19/c1-19(47)57-17-28-33(34(60-22(4)50)30(36(62-28)44-42(56)65-43(6,7)8)45-37(52)24-13-9-10-14-25(24)38(45)53)64-41-31(46-39(54)26-15-11-12-16-27(26)40(46)55)35(61-23(5)51)32(59-21(3)49)29(63-41)18-58-20(2)48/h9-16,28-36,41H,17-18H2,1-8H3,(H,44,56)/t28-,29-,30-,31-,32-,33-,34-,35-,36-,41+/m1/s1. The number of alkyl carbamates (subject to hydrolysis) is 1. The summed E-state index contributed by atoms with van der Waals surface area (Å²) in [6, 6.07) is 7.68. The Kier molecular flexibility index (Phi) is 14.0. The zero-order valence-electron chi connectivity index (χ0n) is 36.5. The Hall–Kier alpha value is -6.78. The molecule has 0 spiro atoms. The SMILES string of the molecule is CC(=O)OC[C@H]1O[C@@H](NC(=O)OC(C)(C)C)[C@H](N2C(=O)c3ccccc3C2=O)[C@@H](OC(C)=O)[C@@H]1O[C@@H]1O[C@H](COC(C)=O)[C@@H](OC(C)=O)[C@H](OC(C)=O)[C@H]1N1C(=O)c2ccccc2C1=O. The average Bonchev–Trinajstić information content (AvgIpc) is 3.60. The van der Waals surface area contributed by atoms with E-state index in [0.29, 0.717) is 9.80 Å². The maximum absolute atomic E-state index is 14.3. The topological polar surface area (TPSA) is 272 Å².